The van der Waals surface area contributed by atoms with Crippen LogP contribution in [-0.4, -0.2) is 9.78 Å². The van der Waals surface area contributed by atoms with E-state index in [9.17, 15) is 0 Å². The SMILES string of the molecule is CCn1cc(CNCc2cc(C)oc2C)cn1. The molecule has 0 atom stereocenters. The number of aryl methyl sites for hydroxylation is 3. The Kier molecular flexibility index (Phi) is 3.64. The van der Waals surface area contributed by atoms with Gasteiger partial charge >= 0.3 is 0 Å². The molecule has 1 N–H and O–H groups in total. The second-order valence-corrected chi connectivity index (χ2v) is 4.25. The molecule has 17 heavy (non-hydrogen) atoms. The van der Waals surface area contributed by atoms with Crippen LogP contribution in [0.1, 0.15) is 29.6 Å². The third-order valence-corrected chi connectivity index (χ3v) is 2.80. The van der Waals surface area contributed by atoms with Gasteiger partial charge in [0.2, 0.25) is 0 Å². The molecular formula is C13H19N3O. The second kappa shape index (κ2) is 5.19. The van der Waals surface area contributed by atoms with Gasteiger partial charge in [-0.05, 0) is 26.8 Å². The lowest BCUT2D eigenvalue weighted by molar-refractivity contribution is 0.499. The van der Waals surface area contributed by atoms with E-state index in [-0.39, 0.29) is 0 Å². The largest absolute Gasteiger partial charge is 0.466 e. The minimum Gasteiger partial charge on any atom is -0.466 e. The van der Waals surface area contributed by atoms with E-state index >= 15 is 0 Å². The highest BCUT2D eigenvalue weighted by Gasteiger charge is 2.04. The number of nitrogens with zero attached hydrogens (tertiary/aromatic N) is 2. The Bertz CT molecular complexity index is 485. The van der Waals surface area contributed by atoms with Crippen LogP contribution in [-0.2, 0) is 19.6 Å². The molecule has 0 amide bonds. The molecule has 2 aromatic rings. The summed E-state index contributed by atoms with van der Waals surface area (Å²) < 4.78 is 7.42. The van der Waals surface area contributed by atoms with E-state index in [0.717, 1.165) is 31.2 Å². The summed E-state index contributed by atoms with van der Waals surface area (Å²) >= 11 is 0. The van der Waals surface area contributed by atoms with Gasteiger partial charge in [0.15, 0.2) is 0 Å². The first kappa shape index (κ1) is 11.9. The van der Waals surface area contributed by atoms with Crippen LogP contribution < -0.4 is 5.32 Å². The quantitative estimate of drug-likeness (QED) is 0.862. The predicted octanol–water partition coefficient (Wildman–Crippen LogP) is 2.40. The predicted molar refractivity (Wildman–Crippen MR) is 66.6 cm³/mol. The van der Waals surface area contributed by atoms with Gasteiger partial charge in [0, 0.05) is 37.0 Å². The first-order chi connectivity index (χ1) is 8.19. The van der Waals surface area contributed by atoms with E-state index in [1.54, 1.807) is 0 Å². The van der Waals surface area contributed by atoms with Crippen LogP contribution >= 0.6 is 0 Å². The van der Waals surface area contributed by atoms with E-state index in [4.69, 9.17) is 4.42 Å². The van der Waals surface area contributed by atoms with Gasteiger partial charge in [0.05, 0.1) is 6.20 Å². The molecule has 4 nitrogen and oxygen atoms in total. The molecule has 92 valence electrons. The van der Waals surface area contributed by atoms with Gasteiger partial charge in [0.25, 0.3) is 0 Å². The third-order valence-electron chi connectivity index (χ3n) is 2.80. The van der Waals surface area contributed by atoms with Crippen molar-refractivity contribution < 1.29 is 4.42 Å². The van der Waals surface area contributed by atoms with E-state index in [1.807, 2.05) is 24.7 Å². The molecule has 0 fully saturated rings. The number of furan rings is 1. The number of rotatable bonds is 5. The second-order valence-electron chi connectivity index (χ2n) is 4.25. The van der Waals surface area contributed by atoms with Crippen molar-refractivity contribution in [3.05, 3.63) is 41.1 Å². The third kappa shape index (κ3) is 2.97. The Hall–Kier alpha value is -1.55. The van der Waals surface area contributed by atoms with Crippen molar-refractivity contribution in [3.63, 3.8) is 0 Å². The van der Waals surface area contributed by atoms with Gasteiger partial charge in [-0.3, -0.25) is 4.68 Å². The van der Waals surface area contributed by atoms with Crippen molar-refractivity contribution >= 4 is 0 Å². The summed E-state index contributed by atoms with van der Waals surface area (Å²) in [6.45, 7) is 8.65. The lowest BCUT2D eigenvalue weighted by Crippen LogP contribution is -2.12. The van der Waals surface area contributed by atoms with E-state index in [1.165, 1.54) is 11.1 Å². The van der Waals surface area contributed by atoms with E-state index < -0.39 is 0 Å². The Labute approximate surface area is 102 Å². The average Bonchev–Trinajstić information content (AvgIpc) is 2.86. The van der Waals surface area contributed by atoms with E-state index in [0.29, 0.717) is 0 Å². The normalized spacial score (nSPS) is 11.0. The molecule has 0 bridgehead atoms. The van der Waals surface area contributed by atoms with Gasteiger partial charge in [0.1, 0.15) is 11.5 Å². The molecule has 0 aliphatic rings. The average molecular weight is 233 g/mol. The Balaban J connectivity index is 1.85. The highest BCUT2D eigenvalue weighted by Crippen LogP contribution is 2.13. The van der Waals surface area contributed by atoms with Crippen LogP contribution in [0.15, 0.2) is 22.9 Å². The van der Waals surface area contributed by atoms with Crippen molar-refractivity contribution in [1.82, 2.24) is 15.1 Å². The van der Waals surface area contributed by atoms with E-state index in [2.05, 4.69) is 29.6 Å². The van der Waals surface area contributed by atoms with Crippen molar-refractivity contribution in [2.45, 2.75) is 40.4 Å². The van der Waals surface area contributed by atoms with Crippen LogP contribution in [0.4, 0.5) is 0 Å². The maximum Gasteiger partial charge on any atom is 0.105 e. The molecule has 0 spiro atoms. The van der Waals surface area contributed by atoms with Gasteiger partial charge in [-0.15, -0.1) is 0 Å². The van der Waals surface area contributed by atoms with Crippen LogP contribution in [0.5, 0.6) is 0 Å². The fourth-order valence-electron chi connectivity index (χ4n) is 1.87. The highest BCUT2D eigenvalue weighted by molar-refractivity contribution is 5.19. The summed E-state index contributed by atoms with van der Waals surface area (Å²) in [5.41, 5.74) is 2.44. The zero-order chi connectivity index (χ0) is 12.3. The maximum atomic E-state index is 5.48. The molecule has 0 saturated heterocycles. The molecule has 0 aliphatic heterocycles. The minimum atomic E-state index is 0.834. The monoisotopic (exact) mass is 233 g/mol. The molecule has 4 heteroatoms. The highest BCUT2D eigenvalue weighted by atomic mass is 16.3. The maximum absolute atomic E-state index is 5.48. The lowest BCUT2D eigenvalue weighted by atomic mass is 10.2. The summed E-state index contributed by atoms with van der Waals surface area (Å²) in [4.78, 5) is 0. The topological polar surface area (TPSA) is 43.0 Å². The molecular weight excluding hydrogens is 214 g/mol. The summed E-state index contributed by atoms with van der Waals surface area (Å²) in [6, 6.07) is 2.08. The summed E-state index contributed by atoms with van der Waals surface area (Å²) in [7, 11) is 0. The molecule has 0 radical (unpaired) electrons. The zero-order valence-electron chi connectivity index (χ0n) is 10.7. The fourth-order valence-corrected chi connectivity index (χ4v) is 1.87. The first-order valence-corrected chi connectivity index (χ1v) is 5.97. The molecule has 0 unspecified atom stereocenters. The molecule has 0 aliphatic carbocycles. The Morgan fingerprint density at radius 1 is 1.35 bits per heavy atom. The fraction of sp³-hybridized carbons (Fsp3) is 0.462. The van der Waals surface area contributed by atoms with Gasteiger partial charge < -0.3 is 9.73 Å². The molecule has 2 aromatic heterocycles. The summed E-state index contributed by atoms with van der Waals surface area (Å²) in [5.74, 6) is 1.97. The molecule has 2 heterocycles. The standard InChI is InChI=1S/C13H19N3O/c1-4-16-9-12(7-15-16)6-14-8-13-5-10(2)17-11(13)3/h5,7,9,14H,4,6,8H2,1-3H3. The zero-order valence-corrected chi connectivity index (χ0v) is 10.7. The molecule has 0 saturated carbocycles. The van der Waals surface area contributed by atoms with Gasteiger partial charge in [-0.2, -0.15) is 5.10 Å². The Morgan fingerprint density at radius 2 is 2.18 bits per heavy atom. The molecule has 0 aromatic carbocycles. The number of hydrogen-bond acceptors (Lipinski definition) is 3. The van der Waals surface area contributed by atoms with Crippen molar-refractivity contribution in [2.75, 3.05) is 0 Å². The van der Waals surface area contributed by atoms with Crippen molar-refractivity contribution in [2.24, 2.45) is 0 Å². The molecule has 2 rings (SSSR count). The lowest BCUT2D eigenvalue weighted by Gasteiger charge is -2.01. The van der Waals surface area contributed by atoms with Gasteiger partial charge in [-0.1, -0.05) is 0 Å². The number of hydrogen-bond donors (Lipinski definition) is 1. The van der Waals surface area contributed by atoms with Crippen molar-refractivity contribution in [3.8, 4) is 0 Å². The summed E-state index contributed by atoms with van der Waals surface area (Å²) in [6.07, 6.45) is 3.98. The van der Waals surface area contributed by atoms with Crippen LogP contribution in [0.2, 0.25) is 0 Å². The van der Waals surface area contributed by atoms with Crippen LogP contribution in [0, 0.1) is 13.8 Å². The number of nitrogens with one attached hydrogen (secondary N) is 1. The van der Waals surface area contributed by atoms with Crippen molar-refractivity contribution in [1.29, 1.82) is 0 Å². The van der Waals surface area contributed by atoms with Gasteiger partial charge in [-0.25, -0.2) is 0 Å². The smallest absolute Gasteiger partial charge is 0.105 e. The minimum absolute atomic E-state index is 0.834. The van der Waals surface area contributed by atoms with Crippen LogP contribution in [0.3, 0.4) is 0 Å². The summed E-state index contributed by atoms with van der Waals surface area (Å²) in [5, 5.41) is 7.64. The Morgan fingerprint density at radius 3 is 2.76 bits per heavy atom. The van der Waals surface area contributed by atoms with Crippen LogP contribution in [0.25, 0.3) is 0 Å². The first-order valence-electron chi connectivity index (χ1n) is 5.97. The number of aromatic nitrogens is 2.